The molecule has 1 aliphatic heterocycles. The van der Waals surface area contributed by atoms with Gasteiger partial charge in [0.05, 0.1) is 12.8 Å². The Hall–Kier alpha value is -3.22. The maximum Gasteiger partial charge on any atom is 0.265 e. The van der Waals surface area contributed by atoms with Gasteiger partial charge in [-0.1, -0.05) is 24.3 Å². The molecule has 2 aromatic carbocycles. The van der Waals surface area contributed by atoms with E-state index in [1.165, 1.54) is 5.56 Å². The summed E-state index contributed by atoms with van der Waals surface area (Å²) in [4.78, 5) is 20.9. The summed E-state index contributed by atoms with van der Waals surface area (Å²) in [7, 11) is 3.69. The number of methoxy groups -OCH3 is 1. The molecule has 3 rings (SSSR count). The standard InChI is InChI=1S/C23H30N4O3/c1-4-24-23(26(2)16-18-10-12-19(29-3)13-11-18)25-14-7-15-27-20-8-5-6-9-21(20)30-17-22(27)28/h5-6,8-13H,4,7,14-17H2,1-3H3,(H,24,25). The number of anilines is 1. The zero-order valence-corrected chi connectivity index (χ0v) is 17.9. The number of para-hydroxylation sites is 2. The fraction of sp³-hybridized carbons (Fsp3) is 0.391. The summed E-state index contributed by atoms with van der Waals surface area (Å²) in [5, 5.41) is 3.34. The Morgan fingerprint density at radius 2 is 2.00 bits per heavy atom. The van der Waals surface area contributed by atoms with Crippen LogP contribution in [0.3, 0.4) is 0 Å². The van der Waals surface area contributed by atoms with Crippen molar-refractivity contribution in [3.8, 4) is 11.5 Å². The number of benzene rings is 2. The van der Waals surface area contributed by atoms with Crippen LogP contribution in [0.4, 0.5) is 5.69 Å². The minimum Gasteiger partial charge on any atom is -0.497 e. The lowest BCUT2D eigenvalue weighted by Gasteiger charge is -2.29. The molecule has 160 valence electrons. The van der Waals surface area contributed by atoms with Crippen LogP contribution in [0.2, 0.25) is 0 Å². The van der Waals surface area contributed by atoms with Gasteiger partial charge < -0.3 is 24.6 Å². The molecule has 0 saturated heterocycles. The number of amides is 1. The van der Waals surface area contributed by atoms with E-state index in [2.05, 4.69) is 29.3 Å². The molecule has 1 amide bonds. The number of ether oxygens (including phenoxy) is 2. The van der Waals surface area contributed by atoms with Gasteiger partial charge in [-0.05, 0) is 43.2 Å². The number of carbonyl (C=O) groups excluding carboxylic acids is 1. The second-order valence-electron chi connectivity index (χ2n) is 7.10. The van der Waals surface area contributed by atoms with Gasteiger partial charge in [0, 0.05) is 33.2 Å². The first-order valence-corrected chi connectivity index (χ1v) is 10.3. The number of aliphatic imine (C=N–C) groups is 1. The lowest BCUT2D eigenvalue weighted by atomic mass is 10.2. The highest BCUT2D eigenvalue weighted by molar-refractivity contribution is 5.97. The number of nitrogens with zero attached hydrogens (tertiary/aromatic N) is 3. The average Bonchev–Trinajstić information content (AvgIpc) is 2.77. The summed E-state index contributed by atoms with van der Waals surface area (Å²) >= 11 is 0. The number of fused-ring (bicyclic) bond motifs is 1. The summed E-state index contributed by atoms with van der Waals surface area (Å²) in [5.74, 6) is 2.44. The fourth-order valence-electron chi connectivity index (χ4n) is 3.36. The SMILES string of the molecule is CCNC(=NCCCN1C(=O)COc2ccccc21)N(C)Cc1ccc(OC)cc1. The Labute approximate surface area is 178 Å². The van der Waals surface area contributed by atoms with E-state index in [0.29, 0.717) is 13.1 Å². The van der Waals surface area contributed by atoms with Crippen LogP contribution < -0.4 is 19.7 Å². The zero-order chi connectivity index (χ0) is 21.3. The Morgan fingerprint density at radius 1 is 1.23 bits per heavy atom. The van der Waals surface area contributed by atoms with Crippen LogP contribution >= 0.6 is 0 Å². The molecule has 7 heteroatoms. The summed E-state index contributed by atoms with van der Waals surface area (Å²) in [6.07, 6.45) is 0.769. The third-order valence-corrected chi connectivity index (χ3v) is 4.88. The molecule has 30 heavy (non-hydrogen) atoms. The van der Waals surface area contributed by atoms with Crippen molar-refractivity contribution in [1.29, 1.82) is 0 Å². The molecule has 0 unspecified atom stereocenters. The minimum absolute atomic E-state index is 0.0128. The molecule has 7 nitrogen and oxygen atoms in total. The Balaban J connectivity index is 1.57. The molecular formula is C23H30N4O3. The Kier molecular flexibility index (Phi) is 7.54. The number of guanidine groups is 1. The number of hydrogen-bond donors (Lipinski definition) is 1. The van der Waals surface area contributed by atoms with E-state index < -0.39 is 0 Å². The van der Waals surface area contributed by atoms with Gasteiger partial charge in [0.1, 0.15) is 11.5 Å². The summed E-state index contributed by atoms with van der Waals surface area (Å²) in [6, 6.07) is 15.7. The molecule has 0 spiro atoms. The lowest BCUT2D eigenvalue weighted by molar-refractivity contribution is -0.121. The molecule has 1 N–H and O–H groups in total. The first kappa shape index (κ1) is 21.5. The summed E-state index contributed by atoms with van der Waals surface area (Å²) in [5.41, 5.74) is 2.01. The minimum atomic E-state index is -0.0128. The highest BCUT2D eigenvalue weighted by atomic mass is 16.5. The monoisotopic (exact) mass is 410 g/mol. The van der Waals surface area contributed by atoms with Crippen molar-refractivity contribution in [1.82, 2.24) is 10.2 Å². The van der Waals surface area contributed by atoms with Crippen LogP contribution in [0.15, 0.2) is 53.5 Å². The van der Waals surface area contributed by atoms with Crippen LogP contribution in [0.5, 0.6) is 11.5 Å². The maximum atomic E-state index is 12.3. The quantitative estimate of drug-likeness (QED) is 0.412. The van der Waals surface area contributed by atoms with Crippen LogP contribution in [-0.4, -0.2) is 57.2 Å². The molecule has 0 atom stereocenters. The molecule has 0 aromatic heterocycles. The highest BCUT2D eigenvalue weighted by Gasteiger charge is 2.24. The molecule has 2 aromatic rings. The predicted octanol–water partition coefficient (Wildman–Crippen LogP) is 2.91. The smallest absolute Gasteiger partial charge is 0.265 e. The van der Waals surface area contributed by atoms with E-state index >= 15 is 0 Å². The topological polar surface area (TPSA) is 66.4 Å². The Morgan fingerprint density at radius 3 is 2.73 bits per heavy atom. The number of carbonyl (C=O) groups is 1. The van der Waals surface area contributed by atoms with E-state index in [-0.39, 0.29) is 12.5 Å². The van der Waals surface area contributed by atoms with Crippen molar-refractivity contribution in [3.63, 3.8) is 0 Å². The van der Waals surface area contributed by atoms with E-state index in [1.807, 2.05) is 43.4 Å². The lowest BCUT2D eigenvalue weighted by Crippen LogP contribution is -2.40. The highest BCUT2D eigenvalue weighted by Crippen LogP contribution is 2.31. The van der Waals surface area contributed by atoms with Crippen molar-refractivity contribution in [2.75, 3.05) is 45.3 Å². The molecular weight excluding hydrogens is 380 g/mol. The predicted molar refractivity (Wildman–Crippen MR) is 119 cm³/mol. The molecule has 0 fully saturated rings. The third-order valence-electron chi connectivity index (χ3n) is 4.88. The zero-order valence-electron chi connectivity index (χ0n) is 17.9. The largest absolute Gasteiger partial charge is 0.497 e. The molecule has 0 bridgehead atoms. The van der Waals surface area contributed by atoms with Crippen molar-refractivity contribution in [2.24, 2.45) is 4.99 Å². The third kappa shape index (κ3) is 5.43. The molecule has 1 aliphatic rings. The van der Waals surface area contributed by atoms with Crippen molar-refractivity contribution in [3.05, 3.63) is 54.1 Å². The van der Waals surface area contributed by atoms with Crippen LogP contribution in [0, 0.1) is 0 Å². The van der Waals surface area contributed by atoms with Gasteiger partial charge in [-0.25, -0.2) is 0 Å². The van der Waals surface area contributed by atoms with Gasteiger partial charge in [-0.15, -0.1) is 0 Å². The van der Waals surface area contributed by atoms with Crippen molar-refractivity contribution in [2.45, 2.75) is 19.9 Å². The fourth-order valence-corrected chi connectivity index (χ4v) is 3.36. The first-order valence-electron chi connectivity index (χ1n) is 10.3. The van der Waals surface area contributed by atoms with E-state index in [4.69, 9.17) is 14.5 Å². The van der Waals surface area contributed by atoms with E-state index in [0.717, 1.165) is 42.7 Å². The van der Waals surface area contributed by atoms with Gasteiger partial charge in [0.2, 0.25) is 0 Å². The van der Waals surface area contributed by atoms with Crippen LogP contribution in [0.25, 0.3) is 0 Å². The van der Waals surface area contributed by atoms with E-state index in [9.17, 15) is 4.79 Å². The van der Waals surface area contributed by atoms with Crippen LogP contribution in [0.1, 0.15) is 18.9 Å². The Bertz CT molecular complexity index is 867. The van der Waals surface area contributed by atoms with Crippen molar-refractivity contribution >= 4 is 17.6 Å². The molecule has 0 aliphatic carbocycles. The molecule has 0 saturated carbocycles. The summed E-state index contributed by atoms with van der Waals surface area (Å²) < 4.78 is 10.7. The van der Waals surface area contributed by atoms with Gasteiger partial charge in [0.25, 0.3) is 5.91 Å². The average molecular weight is 411 g/mol. The van der Waals surface area contributed by atoms with E-state index in [1.54, 1.807) is 12.0 Å². The van der Waals surface area contributed by atoms with Gasteiger partial charge >= 0.3 is 0 Å². The second kappa shape index (κ2) is 10.5. The first-order chi connectivity index (χ1) is 14.6. The molecule has 1 heterocycles. The summed E-state index contributed by atoms with van der Waals surface area (Å²) in [6.45, 7) is 4.92. The normalized spacial score (nSPS) is 13.5. The van der Waals surface area contributed by atoms with Crippen molar-refractivity contribution < 1.29 is 14.3 Å². The second-order valence-corrected chi connectivity index (χ2v) is 7.10. The van der Waals surface area contributed by atoms with Gasteiger partial charge in [-0.3, -0.25) is 9.79 Å². The molecule has 0 radical (unpaired) electrons. The van der Waals surface area contributed by atoms with Crippen LogP contribution in [-0.2, 0) is 11.3 Å². The van der Waals surface area contributed by atoms with Gasteiger partial charge in [-0.2, -0.15) is 0 Å². The number of nitrogens with one attached hydrogen (secondary N) is 1. The number of rotatable bonds is 8. The number of hydrogen-bond acceptors (Lipinski definition) is 4. The van der Waals surface area contributed by atoms with Gasteiger partial charge in [0.15, 0.2) is 12.6 Å². The maximum absolute atomic E-state index is 12.3.